The Morgan fingerprint density at radius 2 is 2.12 bits per heavy atom. The van der Waals surface area contributed by atoms with E-state index in [-0.39, 0.29) is 5.82 Å². The molecule has 0 amide bonds. The maximum atomic E-state index is 13.0. The van der Waals surface area contributed by atoms with Gasteiger partial charge in [-0.05, 0) is 72.4 Å². The third-order valence-electron chi connectivity index (χ3n) is 3.14. The molecule has 1 aliphatic heterocycles. The molecule has 0 aromatic heterocycles. The molecule has 1 heterocycles. The van der Waals surface area contributed by atoms with Crippen LogP contribution in [0.2, 0.25) is 0 Å². The van der Waals surface area contributed by atoms with Crippen LogP contribution in [0.5, 0.6) is 5.75 Å². The Balaban J connectivity index is 1.75. The molecule has 1 saturated heterocycles. The van der Waals surface area contributed by atoms with E-state index in [0.29, 0.717) is 11.1 Å². The average molecular weight is 302 g/mol. The summed E-state index contributed by atoms with van der Waals surface area (Å²) in [5.74, 6) is 1.24. The van der Waals surface area contributed by atoms with Crippen LogP contribution in [0.25, 0.3) is 0 Å². The predicted molar refractivity (Wildman–Crippen MR) is 69.8 cm³/mol. The summed E-state index contributed by atoms with van der Waals surface area (Å²) in [5, 5.41) is 3.35. The van der Waals surface area contributed by atoms with Crippen molar-refractivity contribution in [1.82, 2.24) is 5.32 Å². The fourth-order valence-electron chi connectivity index (χ4n) is 2.08. The van der Waals surface area contributed by atoms with Crippen molar-refractivity contribution in [2.75, 3.05) is 19.7 Å². The summed E-state index contributed by atoms with van der Waals surface area (Å²) < 4.78 is 19.1. The van der Waals surface area contributed by atoms with Crippen molar-refractivity contribution in [2.45, 2.75) is 19.3 Å². The first-order valence-electron chi connectivity index (χ1n) is 6.04. The lowest BCUT2D eigenvalue weighted by Crippen LogP contribution is -2.28. The minimum atomic E-state index is -0.254. The molecule has 0 radical (unpaired) electrons. The summed E-state index contributed by atoms with van der Waals surface area (Å²) in [4.78, 5) is 0. The molecule has 0 bridgehead atoms. The lowest BCUT2D eigenvalue weighted by molar-refractivity contribution is 0.251. The van der Waals surface area contributed by atoms with Crippen molar-refractivity contribution in [3.63, 3.8) is 0 Å². The van der Waals surface area contributed by atoms with Crippen molar-refractivity contribution in [3.05, 3.63) is 28.5 Å². The molecule has 94 valence electrons. The molecule has 2 nitrogen and oxygen atoms in total. The maximum Gasteiger partial charge on any atom is 0.137 e. The van der Waals surface area contributed by atoms with Crippen LogP contribution in [-0.4, -0.2) is 19.7 Å². The average Bonchev–Trinajstić information content (AvgIpc) is 2.35. The monoisotopic (exact) mass is 301 g/mol. The summed E-state index contributed by atoms with van der Waals surface area (Å²) in [6.45, 7) is 2.95. The number of halogens is 2. The van der Waals surface area contributed by atoms with Crippen molar-refractivity contribution in [2.24, 2.45) is 5.92 Å². The largest absolute Gasteiger partial charge is 0.494 e. The van der Waals surface area contributed by atoms with Gasteiger partial charge in [0.25, 0.3) is 0 Å². The number of nitrogens with one attached hydrogen (secondary N) is 1. The van der Waals surface area contributed by atoms with Crippen molar-refractivity contribution in [1.29, 1.82) is 0 Å². The molecule has 0 spiro atoms. The Hall–Kier alpha value is -0.610. The zero-order valence-corrected chi connectivity index (χ0v) is 11.3. The van der Waals surface area contributed by atoms with Gasteiger partial charge in [-0.25, -0.2) is 4.39 Å². The van der Waals surface area contributed by atoms with Crippen LogP contribution in [0.1, 0.15) is 19.3 Å². The molecule has 4 heteroatoms. The van der Waals surface area contributed by atoms with Crippen LogP contribution in [0.4, 0.5) is 4.39 Å². The molecule has 1 fully saturated rings. The molecule has 1 aromatic rings. The Kier molecular flexibility index (Phi) is 4.80. The summed E-state index contributed by atoms with van der Waals surface area (Å²) >= 11 is 3.15. The molecule has 1 aromatic carbocycles. The Labute approximate surface area is 110 Å². The van der Waals surface area contributed by atoms with Gasteiger partial charge in [0.15, 0.2) is 0 Å². The molecule has 1 aliphatic rings. The molecule has 0 aliphatic carbocycles. The second-order valence-corrected chi connectivity index (χ2v) is 5.26. The summed E-state index contributed by atoms with van der Waals surface area (Å²) in [5.41, 5.74) is 0. The van der Waals surface area contributed by atoms with E-state index >= 15 is 0 Å². The lowest BCUT2D eigenvalue weighted by Gasteiger charge is -2.22. The maximum absolute atomic E-state index is 13.0. The van der Waals surface area contributed by atoms with Crippen LogP contribution in [0.15, 0.2) is 22.7 Å². The Morgan fingerprint density at radius 1 is 1.35 bits per heavy atom. The molecular formula is C13H17BrFNO. The van der Waals surface area contributed by atoms with Gasteiger partial charge in [0, 0.05) is 0 Å². The third kappa shape index (κ3) is 3.96. The van der Waals surface area contributed by atoms with E-state index in [1.807, 2.05) is 0 Å². The molecule has 1 N–H and O–H groups in total. The summed E-state index contributed by atoms with van der Waals surface area (Å²) in [7, 11) is 0. The highest BCUT2D eigenvalue weighted by Gasteiger charge is 2.12. The van der Waals surface area contributed by atoms with Gasteiger partial charge in [-0.1, -0.05) is 0 Å². The first kappa shape index (κ1) is 12.8. The van der Waals surface area contributed by atoms with E-state index in [1.54, 1.807) is 12.1 Å². The fourth-order valence-corrected chi connectivity index (χ4v) is 2.44. The van der Waals surface area contributed by atoms with Gasteiger partial charge in [0.05, 0.1) is 11.1 Å². The van der Waals surface area contributed by atoms with E-state index in [2.05, 4.69) is 21.2 Å². The van der Waals surface area contributed by atoms with Gasteiger partial charge in [-0.15, -0.1) is 0 Å². The minimum absolute atomic E-state index is 0.254. The van der Waals surface area contributed by atoms with Crippen molar-refractivity contribution >= 4 is 15.9 Å². The number of ether oxygens (including phenoxy) is 1. The fraction of sp³-hybridized carbons (Fsp3) is 0.538. The molecule has 0 atom stereocenters. The highest BCUT2D eigenvalue weighted by molar-refractivity contribution is 9.10. The first-order valence-corrected chi connectivity index (χ1v) is 6.83. The summed E-state index contributed by atoms with van der Waals surface area (Å²) in [6.07, 6.45) is 3.55. The normalized spacial score (nSPS) is 17.1. The topological polar surface area (TPSA) is 21.3 Å². The second-order valence-electron chi connectivity index (χ2n) is 4.41. The third-order valence-corrected chi connectivity index (χ3v) is 3.75. The molecular weight excluding hydrogens is 285 g/mol. The highest BCUT2D eigenvalue weighted by atomic mass is 79.9. The van der Waals surface area contributed by atoms with Crippen LogP contribution in [0, 0.1) is 11.7 Å². The first-order chi connectivity index (χ1) is 8.25. The molecule has 17 heavy (non-hydrogen) atoms. The van der Waals surface area contributed by atoms with E-state index in [4.69, 9.17) is 4.74 Å². The number of benzene rings is 1. The van der Waals surface area contributed by atoms with Crippen LogP contribution in [-0.2, 0) is 0 Å². The van der Waals surface area contributed by atoms with E-state index in [0.717, 1.165) is 31.2 Å². The SMILES string of the molecule is Fc1ccc(OCCC2CCNCC2)cc1Br. The minimum Gasteiger partial charge on any atom is -0.494 e. The lowest BCUT2D eigenvalue weighted by atomic mass is 9.95. The molecule has 2 rings (SSSR count). The second kappa shape index (κ2) is 6.36. The van der Waals surface area contributed by atoms with Crippen LogP contribution >= 0.6 is 15.9 Å². The van der Waals surface area contributed by atoms with Gasteiger partial charge < -0.3 is 10.1 Å². The summed E-state index contributed by atoms with van der Waals surface area (Å²) in [6, 6.07) is 4.77. The highest BCUT2D eigenvalue weighted by Crippen LogP contribution is 2.22. The molecule has 0 unspecified atom stereocenters. The van der Waals surface area contributed by atoms with Gasteiger partial charge >= 0.3 is 0 Å². The zero-order chi connectivity index (χ0) is 12.1. The van der Waals surface area contributed by atoms with Gasteiger partial charge in [-0.3, -0.25) is 0 Å². The van der Waals surface area contributed by atoms with Crippen LogP contribution in [0.3, 0.4) is 0 Å². The van der Waals surface area contributed by atoms with Gasteiger partial charge in [0.2, 0.25) is 0 Å². The smallest absolute Gasteiger partial charge is 0.137 e. The zero-order valence-electron chi connectivity index (χ0n) is 9.72. The van der Waals surface area contributed by atoms with Crippen LogP contribution < -0.4 is 10.1 Å². The van der Waals surface area contributed by atoms with Crippen molar-refractivity contribution < 1.29 is 9.13 Å². The number of piperidine rings is 1. The van der Waals surface area contributed by atoms with Crippen molar-refractivity contribution in [3.8, 4) is 5.75 Å². The van der Waals surface area contributed by atoms with Gasteiger partial charge in [0.1, 0.15) is 11.6 Å². The Morgan fingerprint density at radius 3 is 2.82 bits per heavy atom. The number of hydrogen-bond donors (Lipinski definition) is 1. The standard InChI is InChI=1S/C13H17BrFNO/c14-12-9-11(1-2-13(12)15)17-8-5-10-3-6-16-7-4-10/h1-2,9-10,16H,3-8H2. The number of hydrogen-bond acceptors (Lipinski definition) is 2. The van der Waals surface area contributed by atoms with E-state index < -0.39 is 0 Å². The van der Waals surface area contributed by atoms with Gasteiger partial charge in [-0.2, -0.15) is 0 Å². The molecule has 0 saturated carbocycles. The van der Waals surface area contributed by atoms with E-state index in [9.17, 15) is 4.39 Å². The quantitative estimate of drug-likeness (QED) is 0.921. The number of rotatable bonds is 4. The van der Waals surface area contributed by atoms with E-state index in [1.165, 1.54) is 18.9 Å². The Bertz CT molecular complexity index is 366. The predicted octanol–water partition coefficient (Wildman–Crippen LogP) is 3.36.